The van der Waals surface area contributed by atoms with Crippen LogP contribution in [0.5, 0.6) is 0 Å². The first-order valence-electron chi connectivity index (χ1n) is 6.19. The molecule has 1 aromatic heterocycles. The van der Waals surface area contributed by atoms with Gasteiger partial charge in [-0.2, -0.15) is 0 Å². The Labute approximate surface area is 111 Å². The third-order valence-electron chi connectivity index (χ3n) is 3.44. The van der Waals surface area contributed by atoms with Gasteiger partial charge in [0.15, 0.2) is 0 Å². The summed E-state index contributed by atoms with van der Waals surface area (Å²) in [5, 5.41) is 12.7. The van der Waals surface area contributed by atoms with E-state index in [1.807, 2.05) is 6.92 Å². The van der Waals surface area contributed by atoms with Crippen LogP contribution in [0.4, 0.5) is 0 Å². The van der Waals surface area contributed by atoms with Crippen molar-refractivity contribution in [2.45, 2.75) is 38.3 Å². The highest BCUT2D eigenvalue weighted by Crippen LogP contribution is 2.31. The summed E-state index contributed by atoms with van der Waals surface area (Å²) in [5.74, 6) is 0.222. The fourth-order valence-corrected chi connectivity index (χ4v) is 2.47. The zero-order valence-electron chi connectivity index (χ0n) is 10.3. The molecule has 98 valence electrons. The molecular formula is C13H17ClN2O2. The zero-order valence-corrected chi connectivity index (χ0v) is 11.0. The second-order valence-corrected chi connectivity index (χ2v) is 5.20. The number of nitrogens with one attached hydrogen (secondary N) is 1. The standard InChI is InChI=1S/C13H17ClN2O2/c1-2-12(8-4-11(17)5-8)16-13(18)9-3-10(14)7-15-6-9/h3,6-8,11-12,17H,2,4-5H2,1H3,(H,16,18)/t8?,11?,12-/m1/s1. The number of rotatable bonds is 4. The van der Waals surface area contributed by atoms with E-state index in [2.05, 4.69) is 10.3 Å². The third-order valence-corrected chi connectivity index (χ3v) is 3.65. The van der Waals surface area contributed by atoms with Crippen LogP contribution in [0.1, 0.15) is 36.5 Å². The van der Waals surface area contributed by atoms with Gasteiger partial charge in [-0.3, -0.25) is 9.78 Å². The molecule has 1 aliphatic carbocycles. The number of carbonyl (C=O) groups excluding carboxylic acids is 1. The maximum absolute atomic E-state index is 12.0. The van der Waals surface area contributed by atoms with Crippen molar-refractivity contribution in [3.63, 3.8) is 0 Å². The Balaban J connectivity index is 1.97. The Hall–Kier alpha value is -1.13. The minimum Gasteiger partial charge on any atom is -0.393 e. The first kappa shape index (κ1) is 13.3. The molecule has 0 saturated heterocycles. The van der Waals surface area contributed by atoms with E-state index in [0.717, 1.165) is 19.3 Å². The molecule has 1 amide bonds. The topological polar surface area (TPSA) is 62.2 Å². The van der Waals surface area contributed by atoms with Crippen LogP contribution in [0, 0.1) is 5.92 Å². The highest BCUT2D eigenvalue weighted by Gasteiger charge is 2.33. The maximum atomic E-state index is 12.0. The molecule has 1 atom stereocenters. The fourth-order valence-electron chi connectivity index (χ4n) is 2.30. The first-order chi connectivity index (χ1) is 8.60. The Morgan fingerprint density at radius 2 is 2.33 bits per heavy atom. The van der Waals surface area contributed by atoms with Gasteiger partial charge in [0.25, 0.3) is 5.91 Å². The maximum Gasteiger partial charge on any atom is 0.253 e. The van der Waals surface area contributed by atoms with Crippen molar-refractivity contribution >= 4 is 17.5 Å². The molecule has 4 nitrogen and oxygen atoms in total. The van der Waals surface area contributed by atoms with Gasteiger partial charge < -0.3 is 10.4 Å². The van der Waals surface area contributed by atoms with Crippen LogP contribution in [0.25, 0.3) is 0 Å². The summed E-state index contributed by atoms with van der Waals surface area (Å²) in [6, 6.07) is 1.71. The van der Waals surface area contributed by atoms with Crippen molar-refractivity contribution < 1.29 is 9.90 Å². The molecule has 0 bridgehead atoms. The molecule has 2 N–H and O–H groups in total. The van der Waals surface area contributed by atoms with Crippen LogP contribution >= 0.6 is 11.6 Å². The average molecular weight is 269 g/mol. The fraction of sp³-hybridized carbons (Fsp3) is 0.538. The zero-order chi connectivity index (χ0) is 13.1. The van der Waals surface area contributed by atoms with Crippen molar-refractivity contribution in [3.05, 3.63) is 29.0 Å². The Morgan fingerprint density at radius 3 is 2.89 bits per heavy atom. The molecule has 1 saturated carbocycles. The molecule has 18 heavy (non-hydrogen) atoms. The van der Waals surface area contributed by atoms with Crippen LogP contribution in [0.3, 0.4) is 0 Å². The predicted molar refractivity (Wildman–Crippen MR) is 69.5 cm³/mol. The Bertz CT molecular complexity index is 433. The van der Waals surface area contributed by atoms with E-state index in [1.54, 1.807) is 6.07 Å². The van der Waals surface area contributed by atoms with Gasteiger partial charge in [-0.1, -0.05) is 18.5 Å². The number of pyridine rings is 1. The van der Waals surface area contributed by atoms with Gasteiger partial charge in [-0.05, 0) is 31.2 Å². The minimum atomic E-state index is -0.200. The van der Waals surface area contributed by atoms with Crippen LogP contribution < -0.4 is 5.32 Å². The Morgan fingerprint density at radius 1 is 1.61 bits per heavy atom. The normalized spacial score (nSPS) is 24.2. The van der Waals surface area contributed by atoms with E-state index in [4.69, 9.17) is 11.6 Å². The SMILES string of the molecule is CC[C@@H](NC(=O)c1cncc(Cl)c1)C1CC(O)C1. The van der Waals surface area contributed by atoms with E-state index >= 15 is 0 Å². The van der Waals surface area contributed by atoms with Gasteiger partial charge in [-0.15, -0.1) is 0 Å². The van der Waals surface area contributed by atoms with E-state index in [1.165, 1.54) is 12.4 Å². The number of hydrogen-bond acceptors (Lipinski definition) is 3. The van der Waals surface area contributed by atoms with Crippen molar-refractivity contribution in [2.75, 3.05) is 0 Å². The molecule has 0 unspecified atom stereocenters. The second-order valence-electron chi connectivity index (χ2n) is 4.77. The quantitative estimate of drug-likeness (QED) is 0.878. The van der Waals surface area contributed by atoms with Crippen molar-refractivity contribution in [3.8, 4) is 0 Å². The summed E-state index contributed by atoms with van der Waals surface area (Å²) in [6.45, 7) is 2.03. The van der Waals surface area contributed by atoms with Gasteiger partial charge in [0.05, 0.1) is 16.7 Å². The van der Waals surface area contributed by atoms with Crippen LogP contribution in [-0.2, 0) is 0 Å². The lowest BCUT2D eigenvalue weighted by atomic mass is 9.76. The number of aromatic nitrogens is 1. The van der Waals surface area contributed by atoms with Gasteiger partial charge in [0.2, 0.25) is 0 Å². The van der Waals surface area contributed by atoms with Crippen molar-refractivity contribution in [1.29, 1.82) is 0 Å². The molecule has 2 rings (SSSR count). The van der Waals surface area contributed by atoms with Gasteiger partial charge in [0, 0.05) is 18.4 Å². The lowest BCUT2D eigenvalue weighted by Crippen LogP contribution is -2.46. The van der Waals surface area contributed by atoms with E-state index in [-0.39, 0.29) is 18.1 Å². The molecule has 1 aromatic rings. The Kier molecular flexibility index (Phi) is 4.19. The van der Waals surface area contributed by atoms with Crippen LogP contribution in [-0.4, -0.2) is 28.1 Å². The van der Waals surface area contributed by atoms with Crippen molar-refractivity contribution in [2.24, 2.45) is 5.92 Å². The highest BCUT2D eigenvalue weighted by atomic mass is 35.5. The molecule has 0 aromatic carbocycles. The van der Waals surface area contributed by atoms with Gasteiger partial charge in [-0.25, -0.2) is 0 Å². The first-order valence-corrected chi connectivity index (χ1v) is 6.57. The number of halogens is 1. The van der Waals surface area contributed by atoms with E-state index in [9.17, 15) is 9.90 Å². The third kappa shape index (κ3) is 3.00. The summed E-state index contributed by atoms with van der Waals surface area (Å²) in [5.41, 5.74) is 0.473. The number of aliphatic hydroxyl groups is 1. The number of nitrogens with zero attached hydrogens (tertiary/aromatic N) is 1. The summed E-state index contributed by atoms with van der Waals surface area (Å²) in [6.07, 6.45) is 5.20. The van der Waals surface area contributed by atoms with Gasteiger partial charge in [0.1, 0.15) is 0 Å². The highest BCUT2D eigenvalue weighted by molar-refractivity contribution is 6.30. The molecule has 1 fully saturated rings. The smallest absolute Gasteiger partial charge is 0.253 e. The van der Waals surface area contributed by atoms with Crippen LogP contribution in [0.15, 0.2) is 18.5 Å². The monoisotopic (exact) mass is 268 g/mol. The largest absolute Gasteiger partial charge is 0.393 e. The molecule has 1 aliphatic rings. The lowest BCUT2D eigenvalue weighted by Gasteiger charge is -2.37. The number of hydrogen-bond donors (Lipinski definition) is 2. The molecular weight excluding hydrogens is 252 g/mol. The predicted octanol–water partition coefficient (Wildman–Crippen LogP) is 2.01. The lowest BCUT2D eigenvalue weighted by molar-refractivity contribution is 0.0232. The number of carbonyl (C=O) groups is 1. The molecule has 0 spiro atoms. The molecule has 0 aliphatic heterocycles. The minimum absolute atomic E-state index is 0.111. The van der Waals surface area contributed by atoms with Gasteiger partial charge >= 0.3 is 0 Å². The molecule has 1 heterocycles. The molecule has 0 radical (unpaired) electrons. The van der Waals surface area contributed by atoms with Crippen molar-refractivity contribution in [1.82, 2.24) is 10.3 Å². The van der Waals surface area contributed by atoms with Crippen LogP contribution in [0.2, 0.25) is 5.02 Å². The number of aliphatic hydroxyl groups excluding tert-OH is 1. The van der Waals surface area contributed by atoms with E-state index in [0.29, 0.717) is 16.5 Å². The summed E-state index contributed by atoms with van der Waals surface area (Å²) < 4.78 is 0. The average Bonchev–Trinajstić information content (AvgIpc) is 2.32. The summed E-state index contributed by atoms with van der Waals surface area (Å²) in [7, 11) is 0. The molecule has 5 heteroatoms. The summed E-state index contributed by atoms with van der Waals surface area (Å²) in [4.78, 5) is 15.9. The number of amides is 1. The van der Waals surface area contributed by atoms with E-state index < -0.39 is 0 Å². The summed E-state index contributed by atoms with van der Waals surface area (Å²) >= 11 is 5.80. The second kappa shape index (κ2) is 5.67.